The monoisotopic (exact) mass is 137 g/mol. The van der Waals surface area contributed by atoms with Crippen molar-refractivity contribution in [2.45, 2.75) is 20.8 Å². The van der Waals surface area contributed by atoms with E-state index in [0.29, 0.717) is 11.8 Å². The maximum absolute atomic E-state index is 4.13. The van der Waals surface area contributed by atoms with Crippen molar-refractivity contribution in [3.05, 3.63) is 6.17 Å². The van der Waals surface area contributed by atoms with Crippen LogP contribution in [0.5, 0.6) is 0 Å². The van der Waals surface area contributed by atoms with Crippen LogP contribution >= 0.6 is 0 Å². The molecule has 0 aromatic rings. The highest BCUT2D eigenvalue weighted by Crippen LogP contribution is 2.25. The van der Waals surface area contributed by atoms with Crippen LogP contribution in [0.4, 0.5) is 0 Å². The minimum atomic E-state index is 0.481. The lowest BCUT2D eigenvalue weighted by molar-refractivity contribution is 0.428. The van der Waals surface area contributed by atoms with Crippen molar-refractivity contribution >= 4 is 12.4 Å². The Morgan fingerprint density at radius 1 is 1.10 bits per heavy atom. The van der Waals surface area contributed by atoms with Crippen molar-refractivity contribution in [1.82, 2.24) is 0 Å². The van der Waals surface area contributed by atoms with Crippen molar-refractivity contribution in [2.24, 2.45) is 21.8 Å². The summed E-state index contributed by atoms with van der Waals surface area (Å²) in [6.07, 6.45) is 4.46. The van der Waals surface area contributed by atoms with Gasteiger partial charge in [0.25, 0.3) is 0 Å². The quantitative estimate of drug-likeness (QED) is 0.519. The number of nitrogens with zero attached hydrogens (tertiary/aromatic N) is 2. The van der Waals surface area contributed by atoms with Gasteiger partial charge in [-0.3, -0.25) is 0 Å². The lowest BCUT2D eigenvalue weighted by Gasteiger charge is -2.11. The van der Waals surface area contributed by atoms with Gasteiger partial charge in [-0.25, -0.2) is 0 Å². The summed E-state index contributed by atoms with van der Waals surface area (Å²) in [6, 6.07) is 0. The van der Waals surface area contributed by atoms with E-state index in [2.05, 4.69) is 30.8 Å². The molecular formula is C8H13N2+. The fraction of sp³-hybridized carbons (Fsp3) is 0.625. The van der Waals surface area contributed by atoms with Gasteiger partial charge in [-0.1, -0.05) is 23.8 Å². The molecule has 2 nitrogen and oxygen atoms in total. The fourth-order valence-corrected chi connectivity index (χ4v) is 0.786. The van der Waals surface area contributed by atoms with Crippen molar-refractivity contribution in [2.75, 3.05) is 0 Å². The summed E-state index contributed by atoms with van der Waals surface area (Å²) in [5.41, 5.74) is 0. The van der Waals surface area contributed by atoms with Gasteiger partial charge in [-0.15, -0.1) is 0 Å². The molecule has 2 heteroatoms. The first-order valence-corrected chi connectivity index (χ1v) is 3.65. The van der Waals surface area contributed by atoms with Crippen LogP contribution in [0.2, 0.25) is 0 Å². The lowest BCUT2D eigenvalue weighted by atomic mass is 9.96. The summed E-state index contributed by atoms with van der Waals surface area (Å²) < 4.78 is 0. The van der Waals surface area contributed by atoms with Gasteiger partial charge in [0.1, 0.15) is 0 Å². The molecule has 1 rings (SSSR count). The van der Waals surface area contributed by atoms with Crippen LogP contribution < -0.4 is 0 Å². The highest BCUT2D eigenvalue weighted by atomic mass is 15.0. The van der Waals surface area contributed by atoms with Crippen molar-refractivity contribution in [3.8, 4) is 0 Å². The Hall–Kier alpha value is -0.790. The van der Waals surface area contributed by atoms with Gasteiger partial charge in [-0.05, 0) is 12.8 Å². The Kier molecular flexibility index (Phi) is 2.10. The second-order valence-corrected chi connectivity index (χ2v) is 2.95. The molecule has 0 saturated carbocycles. The van der Waals surface area contributed by atoms with Crippen molar-refractivity contribution in [3.63, 3.8) is 0 Å². The molecule has 1 heterocycles. The first kappa shape index (κ1) is 7.32. The van der Waals surface area contributed by atoms with E-state index in [0.717, 1.165) is 6.17 Å². The smallest absolute Gasteiger partial charge is 0.0965 e. The van der Waals surface area contributed by atoms with Gasteiger partial charge < -0.3 is 0 Å². The highest BCUT2D eigenvalue weighted by Gasteiger charge is 2.26. The zero-order valence-corrected chi connectivity index (χ0v) is 6.70. The molecule has 0 amide bonds. The molecule has 0 spiro atoms. The van der Waals surface area contributed by atoms with E-state index in [-0.39, 0.29) is 0 Å². The third-order valence-electron chi connectivity index (χ3n) is 1.89. The molecule has 0 aromatic carbocycles. The number of hydrogen-bond donors (Lipinski definition) is 0. The van der Waals surface area contributed by atoms with Crippen LogP contribution in [0, 0.1) is 18.0 Å². The van der Waals surface area contributed by atoms with Crippen LogP contribution in [-0.2, 0) is 0 Å². The predicted molar refractivity (Wildman–Crippen MR) is 44.2 cm³/mol. The Labute approximate surface area is 62.1 Å². The normalized spacial score (nSPS) is 19.0. The van der Waals surface area contributed by atoms with Crippen LogP contribution in [0.3, 0.4) is 0 Å². The van der Waals surface area contributed by atoms with Crippen LogP contribution in [0.1, 0.15) is 20.8 Å². The van der Waals surface area contributed by atoms with E-state index in [9.17, 15) is 0 Å². The van der Waals surface area contributed by atoms with E-state index in [4.69, 9.17) is 0 Å². The average molecular weight is 137 g/mol. The van der Waals surface area contributed by atoms with Gasteiger partial charge in [0.05, 0.1) is 5.92 Å². The van der Waals surface area contributed by atoms with E-state index in [1.54, 1.807) is 12.4 Å². The van der Waals surface area contributed by atoms with Gasteiger partial charge in [0.15, 0.2) is 12.4 Å². The topological polar surface area (TPSA) is 24.7 Å². The molecule has 54 valence electrons. The predicted octanol–water partition coefficient (Wildman–Crippen LogP) is 1.92. The van der Waals surface area contributed by atoms with E-state index >= 15 is 0 Å². The molecule has 0 radical (unpaired) electrons. The SMILES string of the molecule is CC(C)C(C)[C+]1N=CC=N1. The molecule has 10 heavy (non-hydrogen) atoms. The number of hydrogen-bond acceptors (Lipinski definition) is 2. The Bertz CT molecular complexity index is 147. The Balaban J connectivity index is 2.49. The van der Waals surface area contributed by atoms with E-state index in [1.807, 2.05) is 0 Å². The molecule has 0 bridgehead atoms. The largest absolute Gasteiger partial charge is 0.243 e. The first-order chi connectivity index (χ1) is 4.72. The second-order valence-electron chi connectivity index (χ2n) is 2.95. The van der Waals surface area contributed by atoms with Crippen molar-refractivity contribution < 1.29 is 0 Å². The van der Waals surface area contributed by atoms with Gasteiger partial charge in [0.2, 0.25) is 6.17 Å². The van der Waals surface area contributed by atoms with E-state index in [1.165, 1.54) is 0 Å². The zero-order chi connectivity index (χ0) is 7.56. The van der Waals surface area contributed by atoms with Crippen molar-refractivity contribution in [1.29, 1.82) is 0 Å². The maximum atomic E-state index is 4.13. The minimum absolute atomic E-state index is 0.481. The molecule has 1 aliphatic rings. The van der Waals surface area contributed by atoms with Crippen LogP contribution in [0.25, 0.3) is 0 Å². The number of aliphatic imine (C=N–C) groups is 2. The van der Waals surface area contributed by atoms with E-state index < -0.39 is 0 Å². The van der Waals surface area contributed by atoms with Gasteiger partial charge in [-0.2, -0.15) is 0 Å². The molecule has 0 aliphatic carbocycles. The van der Waals surface area contributed by atoms with Gasteiger partial charge in [0, 0.05) is 0 Å². The Morgan fingerprint density at radius 3 is 2.00 bits per heavy atom. The number of rotatable bonds is 2. The summed E-state index contributed by atoms with van der Waals surface area (Å²) in [5, 5.41) is 0. The molecule has 1 aliphatic heterocycles. The zero-order valence-electron chi connectivity index (χ0n) is 6.70. The fourth-order valence-electron chi connectivity index (χ4n) is 0.786. The molecular weight excluding hydrogens is 124 g/mol. The molecule has 0 fully saturated rings. The summed E-state index contributed by atoms with van der Waals surface area (Å²) >= 11 is 0. The molecule has 1 unspecified atom stereocenters. The molecule has 0 saturated heterocycles. The third-order valence-corrected chi connectivity index (χ3v) is 1.89. The highest BCUT2D eigenvalue weighted by molar-refractivity contribution is 6.18. The standard InChI is InChI=1S/C8H13N2/c1-6(2)7(3)8-9-4-5-10-8/h4-7H,1-3H3/q+1. The summed E-state index contributed by atoms with van der Waals surface area (Å²) in [5.74, 6) is 1.11. The average Bonchev–Trinajstić information content (AvgIpc) is 2.36. The molecule has 0 aromatic heterocycles. The minimum Gasteiger partial charge on any atom is -0.0965 e. The second kappa shape index (κ2) is 2.86. The Morgan fingerprint density at radius 2 is 1.60 bits per heavy atom. The van der Waals surface area contributed by atoms with Crippen LogP contribution in [-0.4, -0.2) is 12.4 Å². The first-order valence-electron chi connectivity index (χ1n) is 3.65. The molecule has 1 atom stereocenters. The maximum Gasteiger partial charge on any atom is 0.243 e. The van der Waals surface area contributed by atoms with Crippen LogP contribution in [0.15, 0.2) is 9.98 Å². The lowest BCUT2D eigenvalue weighted by Crippen LogP contribution is -2.09. The molecule has 0 N–H and O–H groups in total. The summed E-state index contributed by atoms with van der Waals surface area (Å²) in [4.78, 5) is 8.25. The third kappa shape index (κ3) is 1.38. The van der Waals surface area contributed by atoms with Gasteiger partial charge >= 0.3 is 0 Å². The summed E-state index contributed by atoms with van der Waals surface area (Å²) in [6.45, 7) is 6.52. The summed E-state index contributed by atoms with van der Waals surface area (Å²) in [7, 11) is 0.